The lowest BCUT2D eigenvalue weighted by Gasteiger charge is -2.24. The average molecular weight is 234 g/mol. The molecule has 0 unspecified atom stereocenters. The lowest BCUT2D eigenvalue weighted by atomic mass is 9.94. The van der Waals surface area contributed by atoms with Gasteiger partial charge in [-0.2, -0.15) is 0 Å². The predicted molar refractivity (Wildman–Crippen MR) is 67.9 cm³/mol. The van der Waals surface area contributed by atoms with Gasteiger partial charge < -0.3 is 9.88 Å². The Labute approximate surface area is 103 Å². The van der Waals surface area contributed by atoms with E-state index in [1.807, 2.05) is 6.20 Å². The largest absolute Gasteiger partial charge is 0.334 e. The van der Waals surface area contributed by atoms with E-state index in [0.29, 0.717) is 0 Å². The summed E-state index contributed by atoms with van der Waals surface area (Å²) in [5.74, 6) is 2.02. The summed E-state index contributed by atoms with van der Waals surface area (Å²) in [6.45, 7) is 8.04. The highest BCUT2D eigenvalue weighted by Crippen LogP contribution is 2.24. The molecule has 1 N–H and O–H groups in total. The number of piperidine rings is 1. The van der Waals surface area contributed by atoms with Gasteiger partial charge in [-0.1, -0.05) is 0 Å². The molecule has 17 heavy (non-hydrogen) atoms. The van der Waals surface area contributed by atoms with Crippen LogP contribution in [0.25, 0.3) is 0 Å². The van der Waals surface area contributed by atoms with E-state index < -0.39 is 0 Å². The minimum absolute atomic E-state index is 0.757. The summed E-state index contributed by atoms with van der Waals surface area (Å²) in [6, 6.07) is 0.757. The molecule has 0 amide bonds. The van der Waals surface area contributed by atoms with Gasteiger partial charge in [-0.15, -0.1) is 0 Å². The molecule has 0 radical (unpaired) electrons. The maximum absolute atomic E-state index is 4.27. The van der Waals surface area contributed by atoms with Crippen molar-refractivity contribution in [1.82, 2.24) is 19.8 Å². The van der Waals surface area contributed by atoms with Crippen LogP contribution < -0.4 is 5.32 Å². The van der Waals surface area contributed by atoms with Crippen LogP contribution in [0.15, 0.2) is 12.4 Å². The highest BCUT2D eigenvalue weighted by atomic mass is 15.2. The number of aromatic nitrogens is 2. The number of fused-ring (bicyclic) bond motifs is 1. The number of imidazole rings is 1. The van der Waals surface area contributed by atoms with E-state index in [4.69, 9.17) is 0 Å². The fraction of sp³-hybridized carbons (Fsp3) is 0.769. The van der Waals surface area contributed by atoms with Crippen molar-refractivity contribution in [3.8, 4) is 0 Å². The number of hydrogen-bond donors (Lipinski definition) is 1. The normalized spacial score (nSPS) is 29.5. The third-order valence-corrected chi connectivity index (χ3v) is 4.26. The van der Waals surface area contributed by atoms with Crippen molar-refractivity contribution < 1.29 is 0 Å². The lowest BCUT2D eigenvalue weighted by molar-refractivity contribution is 0.305. The van der Waals surface area contributed by atoms with Gasteiger partial charge >= 0.3 is 0 Å². The van der Waals surface area contributed by atoms with Gasteiger partial charge in [0, 0.05) is 44.6 Å². The smallest absolute Gasteiger partial charge is 0.105 e. The Morgan fingerprint density at radius 1 is 1.41 bits per heavy atom. The Hall–Kier alpha value is -0.870. The fourth-order valence-electron chi connectivity index (χ4n) is 3.21. The van der Waals surface area contributed by atoms with Crippen molar-refractivity contribution in [3.05, 3.63) is 18.2 Å². The summed E-state index contributed by atoms with van der Waals surface area (Å²) >= 11 is 0. The molecule has 2 aliphatic heterocycles. The molecule has 0 spiro atoms. The van der Waals surface area contributed by atoms with Crippen LogP contribution in [0.2, 0.25) is 0 Å². The highest BCUT2D eigenvalue weighted by molar-refractivity contribution is 4.93. The van der Waals surface area contributed by atoms with Crippen LogP contribution in [0.5, 0.6) is 0 Å². The molecule has 0 saturated carbocycles. The van der Waals surface area contributed by atoms with E-state index in [-0.39, 0.29) is 0 Å². The molecule has 3 heterocycles. The lowest BCUT2D eigenvalue weighted by Crippen LogP contribution is -2.40. The van der Waals surface area contributed by atoms with E-state index in [1.54, 1.807) is 0 Å². The van der Waals surface area contributed by atoms with Crippen LogP contribution in [0, 0.1) is 12.8 Å². The van der Waals surface area contributed by atoms with Crippen LogP contribution in [0.1, 0.15) is 18.7 Å². The Kier molecular flexibility index (Phi) is 3.16. The van der Waals surface area contributed by atoms with Gasteiger partial charge in [0.05, 0.1) is 0 Å². The van der Waals surface area contributed by atoms with Crippen molar-refractivity contribution in [2.24, 2.45) is 5.92 Å². The zero-order valence-electron chi connectivity index (χ0n) is 10.6. The van der Waals surface area contributed by atoms with Crippen molar-refractivity contribution >= 4 is 0 Å². The first kappa shape index (κ1) is 11.2. The fourth-order valence-corrected chi connectivity index (χ4v) is 3.21. The van der Waals surface area contributed by atoms with Crippen molar-refractivity contribution in [3.63, 3.8) is 0 Å². The summed E-state index contributed by atoms with van der Waals surface area (Å²) in [7, 11) is 0. The maximum atomic E-state index is 4.27. The second-order valence-electron chi connectivity index (χ2n) is 5.39. The molecule has 0 bridgehead atoms. The summed E-state index contributed by atoms with van der Waals surface area (Å²) in [4.78, 5) is 6.87. The predicted octanol–water partition coefficient (Wildman–Crippen LogP) is 0.875. The maximum Gasteiger partial charge on any atom is 0.105 e. The molecule has 3 rings (SSSR count). The number of rotatable bonds is 3. The Balaban J connectivity index is 1.52. The quantitative estimate of drug-likeness (QED) is 0.842. The monoisotopic (exact) mass is 234 g/mol. The number of aryl methyl sites for hydroxylation is 1. The second-order valence-corrected chi connectivity index (χ2v) is 5.39. The average Bonchev–Trinajstić information content (AvgIpc) is 2.92. The zero-order valence-corrected chi connectivity index (χ0v) is 10.6. The van der Waals surface area contributed by atoms with Gasteiger partial charge in [0.25, 0.3) is 0 Å². The number of nitrogens with one attached hydrogen (secondary N) is 1. The van der Waals surface area contributed by atoms with Gasteiger partial charge in [-0.05, 0) is 32.2 Å². The van der Waals surface area contributed by atoms with Crippen molar-refractivity contribution in [2.45, 2.75) is 32.4 Å². The van der Waals surface area contributed by atoms with Gasteiger partial charge in [-0.3, -0.25) is 4.90 Å². The van der Waals surface area contributed by atoms with Gasteiger partial charge in [-0.25, -0.2) is 4.98 Å². The van der Waals surface area contributed by atoms with E-state index in [1.165, 1.54) is 32.5 Å². The molecule has 94 valence electrons. The highest BCUT2D eigenvalue weighted by Gasteiger charge is 2.33. The van der Waals surface area contributed by atoms with E-state index in [0.717, 1.165) is 30.9 Å². The molecule has 1 aromatic heterocycles. The molecule has 2 saturated heterocycles. The minimum atomic E-state index is 0.757. The topological polar surface area (TPSA) is 33.1 Å². The van der Waals surface area contributed by atoms with Crippen LogP contribution in [0.4, 0.5) is 0 Å². The van der Waals surface area contributed by atoms with Crippen LogP contribution >= 0.6 is 0 Å². The zero-order chi connectivity index (χ0) is 11.7. The number of hydrogen-bond acceptors (Lipinski definition) is 3. The Bertz CT molecular complexity index is 359. The molecule has 1 aromatic rings. The first-order valence-electron chi connectivity index (χ1n) is 6.76. The van der Waals surface area contributed by atoms with Crippen molar-refractivity contribution in [2.75, 3.05) is 26.2 Å². The second kappa shape index (κ2) is 4.78. The molecule has 4 nitrogen and oxygen atoms in total. The third-order valence-electron chi connectivity index (χ3n) is 4.26. The standard InChI is InChI=1S/C13H22N4/c1-11-14-5-6-17(11)8-7-16-9-12-3-2-4-15-13(12)10-16/h5-6,12-13,15H,2-4,7-10H2,1H3/t12-,13+/m0/s1. The molecule has 0 aliphatic carbocycles. The first-order valence-corrected chi connectivity index (χ1v) is 6.76. The summed E-state index contributed by atoms with van der Waals surface area (Å²) in [6.07, 6.45) is 6.74. The van der Waals surface area contributed by atoms with E-state index >= 15 is 0 Å². The van der Waals surface area contributed by atoms with E-state index in [9.17, 15) is 0 Å². The van der Waals surface area contributed by atoms with Crippen molar-refractivity contribution in [1.29, 1.82) is 0 Å². The van der Waals surface area contributed by atoms with Gasteiger partial charge in [0.15, 0.2) is 0 Å². The molecular formula is C13H22N4. The Morgan fingerprint density at radius 3 is 3.12 bits per heavy atom. The Morgan fingerprint density at radius 2 is 2.35 bits per heavy atom. The summed E-state index contributed by atoms with van der Waals surface area (Å²) in [5, 5.41) is 3.65. The SMILES string of the molecule is Cc1nccn1CCN1C[C@@H]2CCCN[C@@H]2C1. The molecule has 2 aliphatic rings. The number of nitrogens with zero attached hydrogens (tertiary/aromatic N) is 3. The minimum Gasteiger partial charge on any atom is -0.334 e. The van der Waals surface area contributed by atoms with Crippen LogP contribution in [0.3, 0.4) is 0 Å². The summed E-state index contributed by atoms with van der Waals surface area (Å²) in [5.41, 5.74) is 0. The third kappa shape index (κ3) is 2.38. The summed E-state index contributed by atoms with van der Waals surface area (Å²) < 4.78 is 2.25. The molecule has 2 fully saturated rings. The molecule has 2 atom stereocenters. The number of likely N-dealkylation sites (tertiary alicyclic amines) is 1. The van der Waals surface area contributed by atoms with E-state index in [2.05, 4.69) is 32.9 Å². The molecule has 4 heteroatoms. The van der Waals surface area contributed by atoms with Gasteiger partial charge in [0.1, 0.15) is 5.82 Å². The molecular weight excluding hydrogens is 212 g/mol. The van der Waals surface area contributed by atoms with Crippen LogP contribution in [-0.2, 0) is 6.54 Å². The molecule has 0 aromatic carbocycles. The first-order chi connectivity index (χ1) is 8.33. The van der Waals surface area contributed by atoms with Crippen LogP contribution in [-0.4, -0.2) is 46.7 Å². The van der Waals surface area contributed by atoms with Gasteiger partial charge in [0.2, 0.25) is 0 Å².